The Labute approximate surface area is 200 Å². The van der Waals surface area contributed by atoms with Crippen molar-refractivity contribution in [3.63, 3.8) is 0 Å². The molecule has 0 radical (unpaired) electrons. The van der Waals surface area contributed by atoms with Crippen LogP contribution in [0.4, 0.5) is 0 Å². The van der Waals surface area contributed by atoms with Gasteiger partial charge >= 0.3 is 11.9 Å². The maximum absolute atomic E-state index is 13.2. The Morgan fingerprint density at radius 3 is 2.29 bits per heavy atom. The zero-order valence-electron chi connectivity index (χ0n) is 20.9. The summed E-state index contributed by atoms with van der Waals surface area (Å²) in [5.41, 5.74) is 3.03. The Morgan fingerprint density at radius 1 is 1.09 bits per heavy atom. The standard InChI is InChI=1S/C27H33NO6/c1-16(2)33-26(31)24-17(3)28(15-20-12-13-22(34-20)25(30)32-7)23(29)14-21(24)18-8-10-19(11-9-18)27(4,5)6/h8-13,16,21H,14-15H2,1-7H3. The van der Waals surface area contributed by atoms with E-state index in [1.165, 1.54) is 23.6 Å². The summed E-state index contributed by atoms with van der Waals surface area (Å²) in [5, 5.41) is 0. The van der Waals surface area contributed by atoms with Crippen LogP contribution in [0, 0.1) is 0 Å². The number of hydrogen-bond donors (Lipinski definition) is 0. The van der Waals surface area contributed by atoms with Crippen molar-refractivity contribution >= 4 is 17.8 Å². The summed E-state index contributed by atoms with van der Waals surface area (Å²) in [6.07, 6.45) is -0.172. The second kappa shape index (κ2) is 9.87. The van der Waals surface area contributed by atoms with Crippen molar-refractivity contribution in [2.75, 3.05) is 7.11 Å². The quantitative estimate of drug-likeness (QED) is 0.549. The molecule has 0 aliphatic carbocycles. The lowest BCUT2D eigenvalue weighted by molar-refractivity contribution is -0.144. The third kappa shape index (κ3) is 5.41. The molecule has 0 bridgehead atoms. The van der Waals surface area contributed by atoms with Gasteiger partial charge in [-0.1, -0.05) is 45.0 Å². The van der Waals surface area contributed by atoms with Gasteiger partial charge in [0.1, 0.15) is 5.76 Å². The minimum atomic E-state index is -0.594. The van der Waals surface area contributed by atoms with Gasteiger partial charge in [-0.25, -0.2) is 9.59 Å². The summed E-state index contributed by atoms with van der Waals surface area (Å²) in [4.78, 5) is 39.6. The molecule has 2 aromatic rings. The average molecular weight is 468 g/mol. The van der Waals surface area contributed by atoms with Crippen LogP contribution in [0.2, 0.25) is 0 Å². The number of rotatable bonds is 6. The van der Waals surface area contributed by atoms with E-state index >= 15 is 0 Å². The van der Waals surface area contributed by atoms with Gasteiger partial charge in [-0.15, -0.1) is 0 Å². The number of nitrogens with zero attached hydrogens (tertiary/aromatic N) is 1. The summed E-state index contributed by atoms with van der Waals surface area (Å²) >= 11 is 0. The van der Waals surface area contributed by atoms with Crippen LogP contribution < -0.4 is 0 Å². The summed E-state index contributed by atoms with van der Waals surface area (Å²) in [5.74, 6) is -1.11. The largest absolute Gasteiger partial charge is 0.463 e. The van der Waals surface area contributed by atoms with Crippen LogP contribution in [-0.4, -0.2) is 36.0 Å². The molecule has 1 unspecified atom stereocenters. The molecule has 3 rings (SSSR count). The number of carbonyl (C=O) groups excluding carboxylic acids is 3. The molecule has 0 spiro atoms. The van der Waals surface area contributed by atoms with Gasteiger partial charge in [-0.05, 0) is 49.4 Å². The lowest BCUT2D eigenvalue weighted by atomic mass is 9.81. The number of esters is 2. The van der Waals surface area contributed by atoms with Gasteiger partial charge in [-0.3, -0.25) is 4.79 Å². The van der Waals surface area contributed by atoms with Crippen LogP contribution in [0.5, 0.6) is 0 Å². The van der Waals surface area contributed by atoms with Gasteiger partial charge < -0.3 is 18.8 Å². The summed E-state index contributed by atoms with van der Waals surface area (Å²) in [7, 11) is 1.27. The van der Waals surface area contributed by atoms with E-state index in [0.717, 1.165) is 5.56 Å². The van der Waals surface area contributed by atoms with Crippen molar-refractivity contribution in [2.24, 2.45) is 0 Å². The molecule has 182 valence electrons. The number of allylic oxidation sites excluding steroid dienone is 1. The van der Waals surface area contributed by atoms with E-state index < -0.39 is 17.9 Å². The zero-order chi connectivity index (χ0) is 25.2. The van der Waals surface area contributed by atoms with Crippen LogP contribution in [0.25, 0.3) is 0 Å². The summed E-state index contributed by atoms with van der Waals surface area (Å²) in [6.45, 7) is 11.8. The maximum atomic E-state index is 13.2. The van der Waals surface area contributed by atoms with E-state index in [2.05, 4.69) is 25.5 Å². The van der Waals surface area contributed by atoms with E-state index in [1.54, 1.807) is 26.8 Å². The minimum absolute atomic E-state index is 0.00499. The molecule has 7 nitrogen and oxygen atoms in total. The number of carbonyl (C=O) groups is 3. The first-order chi connectivity index (χ1) is 15.9. The average Bonchev–Trinajstić information content (AvgIpc) is 3.23. The zero-order valence-corrected chi connectivity index (χ0v) is 20.9. The molecular weight excluding hydrogens is 434 g/mol. The maximum Gasteiger partial charge on any atom is 0.373 e. The first-order valence-corrected chi connectivity index (χ1v) is 11.4. The highest BCUT2D eigenvalue weighted by Crippen LogP contribution is 2.38. The second-order valence-corrected chi connectivity index (χ2v) is 9.82. The van der Waals surface area contributed by atoms with Crippen molar-refractivity contribution < 1.29 is 28.3 Å². The fraction of sp³-hybridized carbons (Fsp3) is 0.444. The van der Waals surface area contributed by atoms with Crippen molar-refractivity contribution in [2.45, 2.75) is 71.9 Å². The van der Waals surface area contributed by atoms with Gasteiger partial charge in [0, 0.05) is 18.0 Å². The Balaban J connectivity index is 1.99. The van der Waals surface area contributed by atoms with Crippen LogP contribution in [-0.2, 0) is 31.0 Å². The van der Waals surface area contributed by atoms with Crippen molar-refractivity contribution in [1.29, 1.82) is 0 Å². The van der Waals surface area contributed by atoms with E-state index in [1.807, 2.05) is 24.3 Å². The van der Waals surface area contributed by atoms with Gasteiger partial charge in [-0.2, -0.15) is 0 Å². The number of methoxy groups -OCH3 is 1. The monoisotopic (exact) mass is 467 g/mol. The lowest BCUT2D eigenvalue weighted by Crippen LogP contribution is -2.38. The molecule has 0 saturated carbocycles. The van der Waals surface area contributed by atoms with E-state index in [-0.39, 0.29) is 36.2 Å². The third-order valence-corrected chi connectivity index (χ3v) is 5.93. The molecule has 1 aliphatic heterocycles. The number of benzene rings is 1. The van der Waals surface area contributed by atoms with Crippen LogP contribution in [0.15, 0.2) is 52.1 Å². The van der Waals surface area contributed by atoms with Gasteiger partial charge in [0.15, 0.2) is 0 Å². The van der Waals surface area contributed by atoms with E-state index in [4.69, 9.17) is 9.15 Å². The SMILES string of the molecule is COC(=O)c1ccc(CN2C(=O)CC(c3ccc(C(C)(C)C)cc3)C(C(=O)OC(C)C)=C2C)o1. The van der Waals surface area contributed by atoms with Crippen molar-refractivity contribution in [3.8, 4) is 0 Å². The fourth-order valence-corrected chi connectivity index (χ4v) is 4.07. The third-order valence-electron chi connectivity index (χ3n) is 5.93. The van der Waals surface area contributed by atoms with E-state index in [0.29, 0.717) is 17.0 Å². The number of amides is 1. The smallest absolute Gasteiger partial charge is 0.373 e. The molecule has 1 atom stereocenters. The molecule has 1 aromatic carbocycles. The predicted molar refractivity (Wildman–Crippen MR) is 127 cm³/mol. The van der Waals surface area contributed by atoms with E-state index in [9.17, 15) is 14.4 Å². The molecule has 0 fully saturated rings. The predicted octanol–water partition coefficient (Wildman–Crippen LogP) is 5.11. The molecule has 1 aliphatic rings. The molecule has 0 N–H and O–H groups in total. The molecule has 34 heavy (non-hydrogen) atoms. The van der Waals surface area contributed by atoms with Gasteiger partial charge in [0.2, 0.25) is 11.7 Å². The highest BCUT2D eigenvalue weighted by atomic mass is 16.5. The highest BCUT2D eigenvalue weighted by Gasteiger charge is 2.37. The lowest BCUT2D eigenvalue weighted by Gasteiger charge is -2.34. The number of hydrogen-bond acceptors (Lipinski definition) is 6. The Morgan fingerprint density at radius 2 is 1.74 bits per heavy atom. The van der Waals surface area contributed by atoms with Crippen LogP contribution in [0.3, 0.4) is 0 Å². The van der Waals surface area contributed by atoms with Gasteiger partial charge in [0.05, 0.1) is 25.3 Å². The summed E-state index contributed by atoms with van der Waals surface area (Å²) in [6, 6.07) is 11.2. The van der Waals surface area contributed by atoms with Crippen LogP contribution in [0.1, 0.15) is 81.3 Å². The second-order valence-electron chi connectivity index (χ2n) is 9.82. The number of ether oxygens (including phenoxy) is 2. The molecule has 2 heterocycles. The first kappa shape index (κ1) is 25.3. The number of furan rings is 1. The summed E-state index contributed by atoms with van der Waals surface area (Å²) < 4.78 is 15.8. The highest BCUT2D eigenvalue weighted by molar-refractivity contribution is 5.96. The molecular formula is C27H33NO6. The fourth-order valence-electron chi connectivity index (χ4n) is 4.07. The Hall–Kier alpha value is -3.35. The first-order valence-electron chi connectivity index (χ1n) is 11.4. The topological polar surface area (TPSA) is 86.0 Å². The van der Waals surface area contributed by atoms with Crippen molar-refractivity contribution in [3.05, 3.63) is 70.3 Å². The van der Waals surface area contributed by atoms with Gasteiger partial charge in [0.25, 0.3) is 0 Å². The molecule has 1 aromatic heterocycles. The molecule has 1 amide bonds. The minimum Gasteiger partial charge on any atom is -0.463 e. The normalized spacial score (nSPS) is 16.8. The molecule has 7 heteroatoms. The van der Waals surface area contributed by atoms with Crippen LogP contribution >= 0.6 is 0 Å². The Kier molecular flexibility index (Phi) is 7.34. The Bertz CT molecular complexity index is 1100. The van der Waals surface area contributed by atoms with Crippen molar-refractivity contribution in [1.82, 2.24) is 4.90 Å². The molecule has 0 saturated heterocycles.